The predicted octanol–water partition coefficient (Wildman–Crippen LogP) is 2.99. The number of hydrogen-bond acceptors (Lipinski definition) is 6. The second kappa shape index (κ2) is 5.73. The zero-order valence-electron chi connectivity index (χ0n) is 12.7. The molecule has 0 amide bonds. The van der Waals surface area contributed by atoms with Gasteiger partial charge in [-0.2, -0.15) is 0 Å². The molecule has 0 N–H and O–H groups in total. The first kappa shape index (κ1) is 14.3. The van der Waals surface area contributed by atoms with Gasteiger partial charge in [0.25, 0.3) is 0 Å². The minimum Gasteiger partial charge on any atom is -0.461 e. The normalized spacial score (nSPS) is 14.3. The van der Waals surface area contributed by atoms with E-state index < -0.39 is 5.97 Å². The molecular formula is C16H16N4O2S. The molecule has 0 bridgehead atoms. The molecule has 0 unspecified atom stereocenters. The van der Waals surface area contributed by atoms with Gasteiger partial charge in [0, 0.05) is 16.5 Å². The molecule has 7 heteroatoms. The molecule has 3 heterocycles. The summed E-state index contributed by atoms with van der Waals surface area (Å²) in [6.45, 7) is 2.67. The van der Waals surface area contributed by atoms with Gasteiger partial charge < -0.3 is 4.74 Å². The highest BCUT2D eigenvalue weighted by atomic mass is 32.1. The lowest BCUT2D eigenvalue weighted by Crippen LogP contribution is -2.04. The van der Waals surface area contributed by atoms with Gasteiger partial charge >= 0.3 is 5.97 Å². The number of carbonyl (C=O) groups is 1. The van der Waals surface area contributed by atoms with Crippen molar-refractivity contribution in [3.05, 3.63) is 40.7 Å². The molecule has 118 valence electrons. The summed E-state index contributed by atoms with van der Waals surface area (Å²) >= 11 is 1.64. The summed E-state index contributed by atoms with van der Waals surface area (Å²) in [5, 5.41) is 9.03. The molecule has 0 radical (unpaired) electrons. The average molecular weight is 328 g/mol. The number of thiophene rings is 1. The topological polar surface area (TPSA) is 69.9 Å². The highest BCUT2D eigenvalue weighted by molar-refractivity contribution is 7.18. The van der Waals surface area contributed by atoms with Gasteiger partial charge in [-0.05, 0) is 43.4 Å². The Balaban J connectivity index is 1.54. The average Bonchev–Trinajstić information content (AvgIpc) is 3.15. The number of ether oxygens (including phenoxy) is 1. The molecular weight excluding hydrogens is 312 g/mol. The Morgan fingerprint density at radius 2 is 2.30 bits per heavy atom. The quantitative estimate of drug-likeness (QED) is 0.673. The highest BCUT2D eigenvalue weighted by Crippen LogP contribution is 2.41. The first-order valence-electron chi connectivity index (χ1n) is 7.68. The molecule has 0 spiro atoms. The third-order valence-corrected chi connectivity index (χ3v) is 4.88. The van der Waals surface area contributed by atoms with Crippen molar-refractivity contribution in [2.45, 2.75) is 32.2 Å². The molecule has 3 aromatic rings. The van der Waals surface area contributed by atoms with Crippen LogP contribution in [-0.2, 0) is 11.3 Å². The van der Waals surface area contributed by atoms with Crippen molar-refractivity contribution in [3.63, 3.8) is 0 Å². The molecule has 0 aromatic carbocycles. The Bertz CT molecular complexity index is 866. The van der Waals surface area contributed by atoms with E-state index >= 15 is 0 Å². The maximum Gasteiger partial charge on any atom is 0.360 e. The second-order valence-electron chi connectivity index (χ2n) is 5.67. The van der Waals surface area contributed by atoms with Gasteiger partial charge in [0.05, 0.1) is 19.3 Å². The standard InChI is InChI=1S/C16H16N4O2S/c1-2-22-16(21)14-9-20(19-18-14)8-13-6-11-5-12(10-3-4-10)7-17-15(11)23-13/h5-7,9-10H,2-4,8H2,1H3. The third-order valence-electron chi connectivity index (χ3n) is 3.83. The van der Waals surface area contributed by atoms with Gasteiger partial charge in [-0.1, -0.05) is 5.21 Å². The third kappa shape index (κ3) is 2.96. The number of esters is 1. The Morgan fingerprint density at radius 1 is 1.43 bits per heavy atom. The van der Waals surface area contributed by atoms with Crippen molar-refractivity contribution in [3.8, 4) is 0 Å². The molecule has 1 aliphatic rings. The van der Waals surface area contributed by atoms with Crippen LogP contribution < -0.4 is 0 Å². The second-order valence-corrected chi connectivity index (χ2v) is 6.79. The van der Waals surface area contributed by atoms with Crippen molar-refractivity contribution >= 4 is 27.5 Å². The lowest BCUT2D eigenvalue weighted by Gasteiger charge is -1.96. The molecule has 23 heavy (non-hydrogen) atoms. The van der Waals surface area contributed by atoms with Crippen molar-refractivity contribution in [2.75, 3.05) is 6.61 Å². The molecule has 1 fully saturated rings. The maximum absolute atomic E-state index is 11.6. The summed E-state index contributed by atoms with van der Waals surface area (Å²) in [5.41, 5.74) is 1.58. The van der Waals surface area contributed by atoms with E-state index in [9.17, 15) is 4.79 Å². The summed E-state index contributed by atoms with van der Waals surface area (Å²) in [4.78, 5) is 18.4. The van der Waals surface area contributed by atoms with Crippen molar-refractivity contribution < 1.29 is 9.53 Å². The molecule has 1 saturated carbocycles. The minimum absolute atomic E-state index is 0.238. The van der Waals surface area contributed by atoms with Crippen molar-refractivity contribution in [2.24, 2.45) is 0 Å². The maximum atomic E-state index is 11.6. The monoisotopic (exact) mass is 328 g/mol. The Hall–Kier alpha value is -2.28. The molecule has 6 nitrogen and oxygen atoms in total. The Kier molecular flexibility index (Phi) is 3.57. The number of aromatic nitrogens is 4. The van der Waals surface area contributed by atoms with Crippen LogP contribution >= 0.6 is 11.3 Å². The van der Waals surface area contributed by atoms with Crippen molar-refractivity contribution in [1.82, 2.24) is 20.0 Å². The summed E-state index contributed by atoms with van der Waals surface area (Å²) in [5.74, 6) is 0.267. The van der Waals surface area contributed by atoms with Gasteiger partial charge in [0.15, 0.2) is 5.69 Å². The van der Waals surface area contributed by atoms with Crippen LogP contribution in [0.15, 0.2) is 24.5 Å². The van der Waals surface area contributed by atoms with Crippen LogP contribution in [0, 0.1) is 0 Å². The van der Waals surface area contributed by atoms with E-state index in [1.807, 2.05) is 6.20 Å². The smallest absolute Gasteiger partial charge is 0.360 e. The predicted molar refractivity (Wildman–Crippen MR) is 86.7 cm³/mol. The largest absolute Gasteiger partial charge is 0.461 e. The number of pyridine rings is 1. The fourth-order valence-corrected chi connectivity index (χ4v) is 3.53. The highest BCUT2D eigenvalue weighted by Gasteiger charge is 2.24. The summed E-state index contributed by atoms with van der Waals surface area (Å²) in [7, 11) is 0. The summed E-state index contributed by atoms with van der Waals surface area (Å²) < 4.78 is 6.57. The van der Waals surface area contributed by atoms with Gasteiger partial charge in [-0.25, -0.2) is 14.5 Å². The van der Waals surface area contributed by atoms with Crippen LogP contribution in [0.1, 0.15) is 46.6 Å². The SMILES string of the molecule is CCOC(=O)c1cn(Cc2cc3cc(C4CC4)cnc3s2)nn1. The molecule has 4 rings (SSSR count). The van der Waals surface area contributed by atoms with Crippen LogP contribution in [0.3, 0.4) is 0 Å². The first-order valence-corrected chi connectivity index (χ1v) is 8.50. The van der Waals surface area contributed by atoms with E-state index in [1.165, 1.54) is 23.8 Å². The minimum atomic E-state index is -0.439. The summed E-state index contributed by atoms with van der Waals surface area (Å²) in [6, 6.07) is 4.38. The van der Waals surface area contributed by atoms with Crippen LogP contribution in [0.4, 0.5) is 0 Å². The van der Waals surface area contributed by atoms with Gasteiger partial charge in [-0.15, -0.1) is 16.4 Å². The number of carbonyl (C=O) groups excluding carboxylic acids is 1. The van der Waals surface area contributed by atoms with Crippen LogP contribution in [0.2, 0.25) is 0 Å². The number of rotatable bonds is 5. The van der Waals surface area contributed by atoms with E-state index in [2.05, 4.69) is 27.4 Å². The fourth-order valence-electron chi connectivity index (χ4n) is 2.55. The Morgan fingerprint density at radius 3 is 3.09 bits per heavy atom. The van der Waals surface area contributed by atoms with E-state index in [-0.39, 0.29) is 5.69 Å². The number of fused-ring (bicyclic) bond motifs is 1. The van der Waals surface area contributed by atoms with E-state index in [4.69, 9.17) is 4.74 Å². The Labute approximate surface area is 137 Å². The van der Waals surface area contributed by atoms with Gasteiger partial charge in [0.2, 0.25) is 0 Å². The lowest BCUT2D eigenvalue weighted by atomic mass is 10.1. The van der Waals surface area contributed by atoms with Crippen LogP contribution in [0.25, 0.3) is 10.2 Å². The van der Waals surface area contributed by atoms with Crippen LogP contribution in [0.5, 0.6) is 0 Å². The molecule has 0 atom stereocenters. The van der Waals surface area contributed by atoms with E-state index in [0.29, 0.717) is 19.1 Å². The number of hydrogen-bond donors (Lipinski definition) is 0. The fraction of sp³-hybridized carbons (Fsp3) is 0.375. The van der Waals surface area contributed by atoms with Gasteiger partial charge in [0.1, 0.15) is 4.83 Å². The first-order chi connectivity index (χ1) is 11.2. The van der Waals surface area contributed by atoms with E-state index in [1.54, 1.807) is 29.1 Å². The molecule has 1 aliphatic carbocycles. The zero-order valence-corrected chi connectivity index (χ0v) is 13.5. The number of nitrogens with zero attached hydrogens (tertiary/aromatic N) is 4. The van der Waals surface area contributed by atoms with Gasteiger partial charge in [-0.3, -0.25) is 0 Å². The zero-order chi connectivity index (χ0) is 15.8. The molecule has 0 aliphatic heterocycles. The lowest BCUT2D eigenvalue weighted by molar-refractivity contribution is 0.0519. The van der Waals surface area contributed by atoms with Crippen LogP contribution in [-0.4, -0.2) is 32.6 Å². The van der Waals surface area contributed by atoms with Crippen molar-refractivity contribution in [1.29, 1.82) is 0 Å². The molecule has 0 saturated heterocycles. The summed E-state index contributed by atoms with van der Waals surface area (Å²) in [6.07, 6.45) is 6.17. The molecule has 3 aromatic heterocycles. The van der Waals surface area contributed by atoms with E-state index in [0.717, 1.165) is 9.71 Å².